The van der Waals surface area contributed by atoms with Crippen LogP contribution in [0.2, 0.25) is 0 Å². The van der Waals surface area contributed by atoms with Crippen molar-refractivity contribution in [2.45, 2.75) is 6.61 Å². The predicted molar refractivity (Wildman–Crippen MR) is 111 cm³/mol. The highest BCUT2D eigenvalue weighted by molar-refractivity contribution is 6.01. The fraction of sp³-hybridized carbons (Fsp3) is 0.0435. The Bertz CT molecular complexity index is 1130. The largest absolute Gasteiger partial charge is 0.489 e. The van der Waals surface area contributed by atoms with Gasteiger partial charge in [-0.15, -0.1) is 0 Å². The molecule has 0 aliphatic carbocycles. The normalized spacial score (nSPS) is 11.1. The van der Waals surface area contributed by atoms with E-state index < -0.39 is 0 Å². The van der Waals surface area contributed by atoms with Crippen molar-refractivity contribution in [3.05, 3.63) is 95.8 Å². The molecule has 0 atom stereocenters. The zero-order chi connectivity index (χ0) is 20.1. The second-order valence-electron chi connectivity index (χ2n) is 6.41. The average Bonchev–Trinajstić information content (AvgIpc) is 3.14. The molecule has 1 amide bonds. The van der Waals surface area contributed by atoms with Gasteiger partial charge in [0.1, 0.15) is 18.2 Å². The number of anilines is 1. The molecule has 5 nitrogen and oxygen atoms in total. The first-order valence-corrected chi connectivity index (χ1v) is 9.07. The van der Waals surface area contributed by atoms with E-state index in [0.29, 0.717) is 11.7 Å². The summed E-state index contributed by atoms with van der Waals surface area (Å²) >= 11 is 0. The molecule has 1 heterocycles. The van der Waals surface area contributed by atoms with Crippen molar-refractivity contribution in [3.63, 3.8) is 0 Å². The van der Waals surface area contributed by atoms with Crippen LogP contribution >= 0.6 is 0 Å². The molecule has 6 heteroatoms. The molecule has 0 spiro atoms. The van der Waals surface area contributed by atoms with Crippen LogP contribution in [-0.4, -0.2) is 15.9 Å². The van der Waals surface area contributed by atoms with Crippen molar-refractivity contribution in [2.75, 3.05) is 5.32 Å². The maximum Gasteiger partial charge on any atom is 0.250 e. The van der Waals surface area contributed by atoms with Crippen LogP contribution in [-0.2, 0) is 11.4 Å². The minimum atomic E-state index is -0.285. The number of amides is 1. The molecule has 4 rings (SSSR count). The fourth-order valence-electron chi connectivity index (χ4n) is 2.81. The number of benzene rings is 3. The van der Waals surface area contributed by atoms with Gasteiger partial charge in [-0.2, -0.15) is 0 Å². The molecule has 0 bridgehead atoms. The number of para-hydroxylation sites is 2. The van der Waals surface area contributed by atoms with Gasteiger partial charge in [0.05, 0.1) is 11.0 Å². The van der Waals surface area contributed by atoms with Gasteiger partial charge in [0, 0.05) is 6.08 Å². The minimum absolute atomic E-state index is 0.282. The molecular weight excluding hydrogens is 369 g/mol. The average molecular weight is 387 g/mol. The number of hydrogen-bond donors (Lipinski definition) is 2. The number of H-pyrrole nitrogens is 1. The van der Waals surface area contributed by atoms with Crippen LogP contribution in [0.1, 0.15) is 11.1 Å². The summed E-state index contributed by atoms with van der Waals surface area (Å²) in [6, 6.07) is 21.1. The number of aromatic nitrogens is 2. The Balaban J connectivity index is 1.32. The summed E-state index contributed by atoms with van der Waals surface area (Å²) in [4.78, 5) is 19.5. The molecule has 0 saturated carbocycles. The number of hydrogen-bond acceptors (Lipinski definition) is 3. The molecule has 1 aromatic heterocycles. The van der Waals surface area contributed by atoms with E-state index in [9.17, 15) is 9.18 Å². The Morgan fingerprint density at radius 3 is 2.69 bits per heavy atom. The zero-order valence-corrected chi connectivity index (χ0v) is 15.4. The Labute approximate surface area is 166 Å². The number of ether oxygens (including phenoxy) is 1. The van der Waals surface area contributed by atoms with E-state index in [1.54, 1.807) is 30.3 Å². The van der Waals surface area contributed by atoms with Crippen molar-refractivity contribution >= 4 is 29.0 Å². The van der Waals surface area contributed by atoms with Crippen molar-refractivity contribution in [1.82, 2.24) is 9.97 Å². The van der Waals surface area contributed by atoms with E-state index in [0.717, 1.165) is 22.2 Å². The summed E-state index contributed by atoms with van der Waals surface area (Å²) in [5, 5.41) is 2.71. The van der Waals surface area contributed by atoms with Crippen LogP contribution in [0.15, 0.2) is 78.9 Å². The molecule has 0 aliphatic rings. The highest BCUT2D eigenvalue weighted by Gasteiger charge is 2.04. The third kappa shape index (κ3) is 4.87. The van der Waals surface area contributed by atoms with Crippen LogP contribution in [0.5, 0.6) is 5.75 Å². The zero-order valence-electron chi connectivity index (χ0n) is 15.4. The van der Waals surface area contributed by atoms with Gasteiger partial charge in [0.2, 0.25) is 5.95 Å². The summed E-state index contributed by atoms with van der Waals surface area (Å²) in [5.41, 5.74) is 3.26. The smallest absolute Gasteiger partial charge is 0.250 e. The van der Waals surface area contributed by atoms with Crippen molar-refractivity contribution in [1.29, 1.82) is 0 Å². The number of carbonyl (C=O) groups is 1. The van der Waals surface area contributed by atoms with E-state index in [1.165, 1.54) is 18.2 Å². The Morgan fingerprint density at radius 1 is 1.07 bits per heavy atom. The van der Waals surface area contributed by atoms with Gasteiger partial charge in [-0.05, 0) is 53.6 Å². The summed E-state index contributed by atoms with van der Waals surface area (Å²) in [7, 11) is 0. The first-order chi connectivity index (χ1) is 14.2. The van der Waals surface area contributed by atoms with E-state index >= 15 is 0 Å². The van der Waals surface area contributed by atoms with Crippen molar-refractivity contribution < 1.29 is 13.9 Å². The second-order valence-corrected chi connectivity index (χ2v) is 6.41. The number of fused-ring (bicyclic) bond motifs is 1. The minimum Gasteiger partial charge on any atom is -0.489 e. The third-order valence-corrected chi connectivity index (χ3v) is 4.23. The summed E-state index contributed by atoms with van der Waals surface area (Å²) in [5.74, 6) is 0.503. The van der Waals surface area contributed by atoms with E-state index in [2.05, 4.69) is 15.3 Å². The molecule has 2 N–H and O–H groups in total. The highest BCUT2D eigenvalue weighted by Crippen LogP contribution is 2.16. The molecule has 144 valence electrons. The molecule has 0 fully saturated rings. The number of nitrogens with one attached hydrogen (secondary N) is 2. The fourth-order valence-corrected chi connectivity index (χ4v) is 2.81. The topological polar surface area (TPSA) is 67.0 Å². The molecule has 29 heavy (non-hydrogen) atoms. The maximum absolute atomic E-state index is 13.2. The van der Waals surface area contributed by atoms with E-state index in [4.69, 9.17) is 4.74 Å². The predicted octanol–water partition coefficient (Wildman–Crippen LogP) is 4.93. The van der Waals surface area contributed by atoms with Crippen LogP contribution in [0, 0.1) is 5.82 Å². The molecule has 0 unspecified atom stereocenters. The monoisotopic (exact) mass is 387 g/mol. The molecule has 4 aromatic rings. The van der Waals surface area contributed by atoms with Crippen LogP contribution in [0.25, 0.3) is 17.1 Å². The Hall–Kier alpha value is -3.93. The van der Waals surface area contributed by atoms with Crippen molar-refractivity contribution in [2.24, 2.45) is 0 Å². The van der Waals surface area contributed by atoms with E-state index in [-0.39, 0.29) is 18.3 Å². The summed E-state index contributed by atoms with van der Waals surface area (Å²) in [6.07, 6.45) is 3.14. The first kappa shape index (κ1) is 18.4. The number of halogens is 1. The standard InChI is InChI=1S/C23H18FN3O2/c24-18-5-3-4-17(14-18)15-29-19-11-8-16(9-12-19)10-13-22(28)27-23-25-20-6-1-2-7-21(20)26-23/h1-14H,15H2,(H2,25,26,27,28)/b13-10+. The number of rotatable bonds is 6. The van der Waals surface area contributed by atoms with Gasteiger partial charge >= 0.3 is 0 Å². The third-order valence-electron chi connectivity index (χ3n) is 4.23. The van der Waals surface area contributed by atoms with Gasteiger partial charge < -0.3 is 9.72 Å². The molecule has 0 saturated heterocycles. The maximum atomic E-state index is 13.2. The first-order valence-electron chi connectivity index (χ1n) is 9.07. The molecule has 0 radical (unpaired) electrons. The van der Waals surface area contributed by atoms with Crippen molar-refractivity contribution in [3.8, 4) is 5.75 Å². The SMILES string of the molecule is O=C(/C=C/c1ccc(OCc2cccc(F)c2)cc1)Nc1nc2ccccc2[nH]1. The van der Waals surface area contributed by atoms with Crippen LogP contribution < -0.4 is 10.1 Å². The molecule has 3 aromatic carbocycles. The summed E-state index contributed by atoms with van der Waals surface area (Å²) < 4.78 is 18.8. The van der Waals surface area contributed by atoms with Gasteiger partial charge in [0.15, 0.2) is 0 Å². The van der Waals surface area contributed by atoms with Gasteiger partial charge in [-0.1, -0.05) is 36.4 Å². The lowest BCUT2D eigenvalue weighted by Gasteiger charge is -2.06. The second kappa shape index (κ2) is 8.39. The molecular formula is C23H18FN3O2. The Morgan fingerprint density at radius 2 is 1.90 bits per heavy atom. The Kier molecular flexibility index (Phi) is 5.33. The van der Waals surface area contributed by atoms with Crippen LogP contribution in [0.4, 0.5) is 10.3 Å². The highest BCUT2D eigenvalue weighted by atomic mass is 19.1. The lowest BCUT2D eigenvalue weighted by molar-refractivity contribution is -0.111. The van der Waals surface area contributed by atoms with Gasteiger partial charge in [-0.3, -0.25) is 10.1 Å². The number of nitrogens with zero attached hydrogens (tertiary/aromatic N) is 1. The van der Waals surface area contributed by atoms with Gasteiger partial charge in [0.25, 0.3) is 5.91 Å². The quantitative estimate of drug-likeness (QED) is 0.461. The van der Waals surface area contributed by atoms with E-state index in [1.807, 2.05) is 36.4 Å². The van der Waals surface area contributed by atoms with Crippen LogP contribution in [0.3, 0.4) is 0 Å². The number of imidazole rings is 1. The summed E-state index contributed by atoms with van der Waals surface area (Å²) in [6.45, 7) is 0.285. The van der Waals surface area contributed by atoms with Gasteiger partial charge in [-0.25, -0.2) is 9.37 Å². The molecule has 0 aliphatic heterocycles. The number of aromatic amines is 1. The lowest BCUT2D eigenvalue weighted by atomic mass is 10.2. The number of carbonyl (C=O) groups excluding carboxylic acids is 1. The lowest BCUT2D eigenvalue weighted by Crippen LogP contribution is -2.08.